The lowest BCUT2D eigenvalue weighted by Gasteiger charge is -2.32. The standard InChI is InChI=1S/C12H19BN2O3S/c1-11(2)12(3,4)18-13(17-11)9-6-7-10(15-8-9)19(5,14)16/h6-8,14H,1-5H3. The predicted molar refractivity (Wildman–Crippen MR) is 75.0 cm³/mol. The molecule has 0 amide bonds. The van der Waals surface area contributed by atoms with Crippen LogP contribution in [-0.2, 0) is 19.0 Å². The van der Waals surface area contributed by atoms with Gasteiger partial charge in [0, 0.05) is 17.9 Å². The molecule has 1 aliphatic rings. The van der Waals surface area contributed by atoms with Crippen LogP contribution in [0.1, 0.15) is 27.7 Å². The molecule has 0 bridgehead atoms. The first-order valence-electron chi connectivity index (χ1n) is 6.08. The van der Waals surface area contributed by atoms with Gasteiger partial charge in [0.25, 0.3) is 0 Å². The van der Waals surface area contributed by atoms with Crippen molar-refractivity contribution in [2.24, 2.45) is 0 Å². The highest BCUT2D eigenvalue weighted by Gasteiger charge is 2.51. The number of nitrogens with zero attached hydrogens (tertiary/aromatic N) is 1. The second kappa shape index (κ2) is 4.29. The number of hydrogen-bond donors (Lipinski definition) is 1. The number of hydrogen-bond acceptors (Lipinski definition) is 5. The van der Waals surface area contributed by atoms with Gasteiger partial charge in [-0.2, -0.15) is 0 Å². The molecule has 2 rings (SSSR count). The molecule has 19 heavy (non-hydrogen) atoms. The molecule has 104 valence electrons. The van der Waals surface area contributed by atoms with E-state index in [4.69, 9.17) is 14.1 Å². The molecule has 1 saturated heterocycles. The van der Waals surface area contributed by atoms with E-state index in [9.17, 15) is 4.21 Å². The molecule has 5 nitrogen and oxygen atoms in total. The number of nitrogens with one attached hydrogen (secondary N) is 1. The first-order valence-corrected chi connectivity index (χ1v) is 8.05. The third-order valence-corrected chi connectivity index (χ3v) is 4.72. The topological polar surface area (TPSA) is 72.3 Å². The predicted octanol–water partition coefficient (Wildman–Crippen LogP) is 1.42. The summed E-state index contributed by atoms with van der Waals surface area (Å²) in [6, 6.07) is 3.35. The van der Waals surface area contributed by atoms with E-state index in [0.717, 1.165) is 5.46 Å². The van der Waals surface area contributed by atoms with E-state index >= 15 is 0 Å². The largest absolute Gasteiger partial charge is 0.496 e. The number of pyridine rings is 1. The molecule has 0 aliphatic carbocycles. The summed E-state index contributed by atoms with van der Waals surface area (Å²) in [5.74, 6) is 0. The Kier molecular flexibility index (Phi) is 3.28. The van der Waals surface area contributed by atoms with Crippen LogP contribution in [0.3, 0.4) is 0 Å². The van der Waals surface area contributed by atoms with Gasteiger partial charge in [0.2, 0.25) is 0 Å². The third kappa shape index (κ3) is 2.68. The molecule has 1 unspecified atom stereocenters. The maximum Gasteiger partial charge on any atom is 0.496 e. The second-order valence-electron chi connectivity index (χ2n) is 5.86. The van der Waals surface area contributed by atoms with Crippen molar-refractivity contribution in [1.82, 2.24) is 4.98 Å². The molecular weight excluding hydrogens is 263 g/mol. The van der Waals surface area contributed by atoms with Crippen LogP contribution in [-0.4, -0.2) is 33.8 Å². The Morgan fingerprint density at radius 1 is 1.21 bits per heavy atom. The summed E-state index contributed by atoms with van der Waals surface area (Å²) in [5, 5.41) is 0.271. The molecule has 2 heterocycles. The molecule has 0 saturated carbocycles. The molecule has 0 radical (unpaired) electrons. The molecular formula is C12H19BN2O3S. The zero-order chi connectivity index (χ0) is 14.5. The molecule has 0 spiro atoms. The van der Waals surface area contributed by atoms with E-state index in [2.05, 4.69) is 4.98 Å². The van der Waals surface area contributed by atoms with Crippen LogP contribution in [0.15, 0.2) is 23.4 Å². The monoisotopic (exact) mass is 282 g/mol. The highest BCUT2D eigenvalue weighted by Crippen LogP contribution is 2.36. The molecule has 1 N–H and O–H groups in total. The molecule has 1 atom stereocenters. The molecule has 1 fully saturated rings. The Bertz CT molecular complexity index is 565. The fraction of sp³-hybridized carbons (Fsp3) is 0.583. The zero-order valence-electron chi connectivity index (χ0n) is 11.9. The summed E-state index contributed by atoms with van der Waals surface area (Å²) in [6.45, 7) is 7.93. The minimum atomic E-state index is -2.78. The lowest BCUT2D eigenvalue weighted by Crippen LogP contribution is -2.41. The summed E-state index contributed by atoms with van der Waals surface area (Å²) in [5.41, 5.74) is -0.0280. The highest BCUT2D eigenvalue weighted by atomic mass is 32.2. The van der Waals surface area contributed by atoms with Crippen LogP contribution >= 0.6 is 0 Å². The second-order valence-corrected chi connectivity index (χ2v) is 7.97. The lowest BCUT2D eigenvalue weighted by molar-refractivity contribution is 0.00578. The van der Waals surface area contributed by atoms with Crippen molar-refractivity contribution in [3.63, 3.8) is 0 Å². The van der Waals surface area contributed by atoms with Gasteiger partial charge in [-0.15, -0.1) is 0 Å². The Hall–Kier alpha value is -0.915. The molecule has 1 aliphatic heterocycles. The smallest absolute Gasteiger partial charge is 0.399 e. The average molecular weight is 282 g/mol. The van der Waals surface area contributed by atoms with Gasteiger partial charge < -0.3 is 9.31 Å². The highest BCUT2D eigenvalue weighted by molar-refractivity contribution is 7.91. The van der Waals surface area contributed by atoms with Gasteiger partial charge in [0.1, 0.15) is 5.03 Å². The van der Waals surface area contributed by atoms with E-state index in [1.807, 2.05) is 27.7 Å². The van der Waals surface area contributed by atoms with E-state index in [-0.39, 0.29) is 5.03 Å². The van der Waals surface area contributed by atoms with Gasteiger partial charge in [-0.1, -0.05) is 6.07 Å². The van der Waals surface area contributed by atoms with Crippen LogP contribution in [0.2, 0.25) is 0 Å². The maximum absolute atomic E-state index is 11.6. The van der Waals surface area contributed by atoms with Crippen LogP contribution in [0.25, 0.3) is 0 Å². The molecule has 7 heteroatoms. The van der Waals surface area contributed by atoms with Gasteiger partial charge >= 0.3 is 7.12 Å². The summed E-state index contributed by atoms with van der Waals surface area (Å²) in [7, 11) is -3.26. The van der Waals surface area contributed by atoms with Crippen LogP contribution in [0, 0.1) is 4.78 Å². The van der Waals surface area contributed by atoms with E-state index in [1.165, 1.54) is 6.26 Å². The van der Waals surface area contributed by atoms with Crippen LogP contribution in [0.4, 0.5) is 0 Å². The van der Waals surface area contributed by atoms with Gasteiger partial charge in [0.15, 0.2) is 0 Å². The van der Waals surface area contributed by atoms with E-state index in [0.29, 0.717) is 0 Å². The normalized spacial score (nSPS) is 24.2. The summed E-state index contributed by atoms with van der Waals surface area (Å²) in [6.07, 6.45) is 2.92. The molecule has 1 aromatic rings. The fourth-order valence-electron chi connectivity index (χ4n) is 1.74. The lowest BCUT2D eigenvalue weighted by atomic mass is 9.80. The quantitative estimate of drug-likeness (QED) is 0.833. The van der Waals surface area contributed by atoms with Crippen molar-refractivity contribution >= 4 is 22.3 Å². The average Bonchev–Trinajstić information content (AvgIpc) is 2.47. The van der Waals surface area contributed by atoms with Gasteiger partial charge in [-0.25, -0.2) is 14.0 Å². The maximum atomic E-state index is 11.6. The molecule has 0 aromatic carbocycles. The Labute approximate surface area is 114 Å². The first-order chi connectivity index (χ1) is 8.53. The third-order valence-electron chi connectivity index (χ3n) is 3.68. The number of rotatable bonds is 2. The Balaban J connectivity index is 2.26. The summed E-state index contributed by atoms with van der Waals surface area (Å²) in [4.78, 5) is 4.07. The van der Waals surface area contributed by atoms with Crippen molar-refractivity contribution in [2.45, 2.75) is 43.9 Å². The van der Waals surface area contributed by atoms with Crippen molar-refractivity contribution in [3.05, 3.63) is 18.3 Å². The van der Waals surface area contributed by atoms with Gasteiger partial charge in [-0.3, -0.25) is 0 Å². The number of aromatic nitrogens is 1. The first kappa shape index (κ1) is 14.5. The fourth-order valence-corrected chi connectivity index (χ4v) is 2.32. The van der Waals surface area contributed by atoms with Crippen LogP contribution in [0.5, 0.6) is 0 Å². The van der Waals surface area contributed by atoms with Gasteiger partial charge in [-0.05, 0) is 33.8 Å². The van der Waals surface area contributed by atoms with Crippen molar-refractivity contribution in [2.75, 3.05) is 6.26 Å². The SMILES string of the molecule is CC1(C)OB(c2ccc(S(C)(=N)=O)nc2)OC1(C)C. The Morgan fingerprint density at radius 3 is 2.11 bits per heavy atom. The Morgan fingerprint density at radius 2 is 1.74 bits per heavy atom. The van der Waals surface area contributed by atoms with Gasteiger partial charge in [0.05, 0.1) is 20.9 Å². The van der Waals surface area contributed by atoms with Crippen LogP contribution < -0.4 is 5.46 Å². The minimum Gasteiger partial charge on any atom is -0.399 e. The summed E-state index contributed by atoms with van der Waals surface area (Å²) >= 11 is 0. The summed E-state index contributed by atoms with van der Waals surface area (Å²) < 4.78 is 30.8. The zero-order valence-corrected chi connectivity index (χ0v) is 12.7. The molecule has 1 aromatic heterocycles. The van der Waals surface area contributed by atoms with Crippen molar-refractivity contribution < 1.29 is 13.5 Å². The van der Waals surface area contributed by atoms with E-state index < -0.39 is 28.0 Å². The van der Waals surface area contributed by atoms with E-state index in [1.54, 1.807) is 18.3 Å². The van der Waals surface area contributed by atoms with Crippen molar-refractivity contribution in [3.8, 4) is 0 Å². The minimum absolute atomic E-state index is 0.271. The van der Waals surface area contributed by atoms with Crippen molar-refractivity contribution in [1.29, 1.82) is 4.78 Å².